The summed E-state index contributed by atoms with van der Waals surface area (Å²) in [6.07, 6.45) is 3.10. The number of hydrogen-bond donors (Lipinski definition) is 2. The number of benzene rings is 1. The predicted octanol–water partition coefficient (Wildman–Crippen LogP) is 3.45. The average molecular weight is 288 g/mol. The van der Waals surface area contributed by atoms with Crippen LogP contribution in [0.1, 0.15) is 68.1 Å². The monoisotopic (exact) mass is 288 g/mol. The van der Waals surface area contributed by atoms with Crippen molar-refractivity contribution in [3.05, 3.63) is 34.9 Å². The van der Waals surface area contributed by atoms with Crippen LogP contribution in [0.5, 0.6) is 0 Å². The maximum atomic E-state index is 12.2. The van der Waals surface area contributed by atoms with Crippen LogP contribution in [-0.4, -0.2) is 19.0 Å². The van der Waals surface area contributed by atoms with Gasteiger partial charge in [0.25, 0.3) is 5.91 Å². The van der Waals surface area contributed by atoms with Crippen molar-refractivity contribution in [2.75, 3.05) is 13.1 Å². The summed E-state index contributed by atoms with van der Waals surface area (Å²) in [4.78, 5) is 12.2. The van der Waals surface area contributed by atoms with Gasteiger partial charge < -0.3 is 10.6 Å². The Kier molecular flexibility index (Phi) is 5.04. The van der Waals surface area contributed by atoms with Gasteiger partial charge in [0.2, 0.25) is 0 Å². The van der Waals surface area contributed by atoms with Gasteiger partial charge in [0.15, 0.2) is 0 Å². The Morgan fingerprint density at radius 3 is 2.76 bits per heavy atom. The molecule has 2 N–H and O–H groups in total. The Labute approximate surface area is 128 Å². The van der Waals surface area contributed by atoms with E-state index >= 15 is 0 Å². The third-order valence-electron chi connectivity index (χ3n) is 4.72. The number of hydrogen-bond acceptors (Lipinski definition) is 2. The summed E-state index contributed by atoms with van der Waals surface area (Å²) >= 11 is 0. The van der Waals surface area contributed by atoms with E-state index < -0.39 is 0 Å². The number of nitrogens with one attached hydrogen (secondary N) is 2. The van der Waals surface area contributed by atoms with Gasteiger partial charge in [-0.2, -0.15) is 0 Å². The summed E-state index contributed by atoms with van der Waals surface area (Å²) < 4.78 is 0. The fraction of sp³-hybridized carbons (Fsp3) is 0.611. The third kappa shape index (κ3) is 3.46. The molecule has 0 spiro atoms. The molecule has 1 aliphatic heterocycles. The first-order valence-electron chi connectivity index (χ1n) is 8.14. The van der Waals surface area contributed by atoms with E-state index in [1.807, 2.05) is 0 Å². The van der Waals surface area contributed by atoms with Crippen molar-refractivity contribution in [2.24, 2.45) is 5.41 Å². The molecule has 116 valence electrons. The molecule has 1 amide bonds. The van der Waals surface area contributed by atoms with E-state index in [0.717, 1.165) is 37.9 Å². The molecule has 21 heavy (non-hydrogen) atoms. The minimum atomic E-state index is 0.0777. The highest BCUT2D eigenvalue weighted by atomic mass is 16.1. The van der Waals surface area contributed by atoms with Gasteiger partial charge in [0.05, 0.1) is 0 Å². The molecule has 1 heterocycles. The Hall–Kier alpha value is -1.35. The quantitative estimate of drug-likeness (QED) is 0.871. The standard InChI is InChI=1S/C18H28N2O/c1-5-18(3,4)16(19-6-2)14-10-9-13-8-7-11-20-17(21)15(13)12-14/h9-10,12,16,19H,5-8,11H2,1-4H3,(H,20,21). The molecular weight excluding hydrogens is 260 g/mol. The van der Waals surface area contributed by atoms with Gasteiger partial charge in [-0.05, 0) is 48.4 Å². The van der Waals surface area contributed by atoms with Crippen LogP contribution < -0.4 is 10.6 Å². The maximum Gasteiger partial charge on any atom is 0.251 e. The molecule has 0 fully saturated rings. The van der Waals surface area contributed by atoms with E-state index in [1.165, 1.54) is 11.1 Å². The predicted molar refractivity (Wildman–Crippen MR) is 87.6 cm³/mol. The fourth-order valence-corrected chi connectivity index (χ4v) is 3.03. The molecule has 0 aliphatic carbocycles. The molecule has 0 saturated carbocycles. The van der Waals surface area contributed by atoms with Crippen molar-refractivity contribution in [1.29, 1.82) is 0 Å². The normalized spacial score (nSPS) is 16.9. The topological polar surface area (TPSA) is 41.1 Å². The molecule has 1 aromatic carbocycles. The van der Waals surface area contributed by atoms with Crippen molar-refractivity contribution >= 4 is 5.91 Å². The molecule has 0 radical (unpaired) electrons. The zero-order chi connectivity index (χ0) is 15.5. The largest absolute Gasteiger partial charge is 0.352 e. The lowest BCUT2D eigenvalue weighted by molar-refractivity contribution is 0.0955. The highest BCUT2D eigenvalue weighted by molar-refractivity contribution is 5.96. The SMILES string of the molecule is CCNC(c1ccc2c(c1)C(=O)NCCC2)C(C)(C)CC. The molecule has 3 nitrogen and oxygen atoms in total. The van der Waals surface area contributed by atoms with Crippen LogP contribution in [0.25, 0.3) is 0 Å². The van der Waals surface area contributed by atoms with E-state index in [2.05, 4.69) is 56.5 Å². The summed E-state index contributed by atoms with van der Waals surface area (Å²) in [7, 11) is 0. The highest BCUT2D eigenvalue weighted by Crippen LogP contribution is 2.37. The van der Waals surface area contributed by atoms with Crippen molar-refractivity contribution in [1.82, 2.24) is 10.6 Å². The zero-order valence-corrected chi connectivity index (χ0v) is 13.8. The third-order valence-corrected chi connectivity index (χ3v) is 4.72. The number of carbonyl (C=O) groups excluding carboxylic acids is 1. The lowest BCUT2D eigenvalue weighted by atomic mass is 9.77. The van der Waals surface area contributed by atoms with Crippen LogP contribution in [0, 0.1) is 5.41 Å². The number of amides is 1. The number of carbonyl (C=O) groups is 1. The average Bonchev–Trinajstić information content (AvgIpc) is 2.66. The molecule has 1 aliphatic rings. The van der Waals surface area contributed by atoms with Gasteiger partial charge in [0, 0.05) is 18.2 Å². The molecule has 2 rings (SSSR count). The Bertz CT molecular complexity index is 508. The van der Waals surface area contributed by atoms with E-state index in [0.29, 0.717) is 0 Å². The van der Waals surface area contributed by atoms with E-state index in [4.69, 9.17) is 0 Å². The first-order valence-corrected chi connectivity index (χ1v) is 8.14. The molecule has 1 aromatic rings. The van der Waals surface area contributed by atoms with Crippen molar-refractivity contribution in [2.45, 2.75) is 53.0 Å². The summed E-state index contributed by atoms with van der Waals surface area (Å²) in [6.45, 7) is 10.6. The molecule has 3 heteroatoms. The van der Waals surface area contributed by atoms with Crippen LogP contribution in [0.3, 0.4) is 0 Å². The lowest BCUT2D eigenvalue weighted by Crippen LogP contribution is -2.34. The summed E-state index contributed by atoms with van der Waals surface area (Å²) in [5.41, 5.74) is 3.42. The summed E-state index contributed by atoms with van der Waals surface area (Å²) in [5.74, 6) is 0.0777. The fourth-order valence-electron chi connectivity index (χ4n) is 3.03. The van der Waals surface area contributed by atoms with Gasteiger partial charge in [-0.1, -0.05) is 39.8 Å². The number of fused-ring (bicyclic) bond motifs is 1. The molecule has 0 aromatic heterocycles. The molecule has 0 saturated heterocycles. The summed E-state index contributed by atoms with van der Waals surface area (Å²) in [5, 5.41) is 6.59. The first-order chi connectivity index (χ1) is 9.99. The minimum Gasteiger partial charge on any atom is -0.352 e. The molecule has 1 unspecified atom stereocenters. The van der Waals surface area contributed by atoms with Gasteiger partial charge in [-0.3, -0.25) is 4.79 Å². The second kappa shape index (κ2) is 6.61. The summed E-state index contributed by atoms with van der Waals surface area (Å²) in [6, 6.07) is 6.71. The van der Waals surface area contributed by atoms with Crippen LogP contribution >= 0.6 is 0 Å². The second-order valence-electron chi connectivity index (χ2n) is 6.61. The molecule has 1 atom stereocenters. The highest BCUT2D eigenvalue weighted by Gasteiger charge is 2.29. The van der Waals surface area contributed by atoms with Crippen molar-refractivity contribution < 1.29 is 4.79 Å². The number of rotatable bonds is 5. The zero-order valence-electron chi connectivity index (χ0n) is 13.8. The van der Waals surface area contributed by atoms with Crippen LogP contribution in [0.4, 0.5) is 0 Å². The van der Waals surface area contributed by atoms with Gasteiger partial charge >= 0.3 is 0 Å². The van der Waals surface area contributed by atoms with Crippen molar-refractivity contribution in [3.8, 4) is 0 Å². The van der Waals surface area contributed by atoms with Gasteiger partial charge in [-0.25, -0.2) is 0 Å². The minimum absolute atomic E-state index is 0.0777. The van der Waals surface area contributed by atoms with Crippen molar-refractivity contribution in [3.63, 3.8) is 0 Å². The Morgan fingerprint density at radius 2 is 2.10 bits per heavy atom. The smallest absolute Gasteiger partial charge is 0.251 e. The number of aryl methyl sites for hydroxylation is 1. The maximum absolute atomic E-state index is 12.2. The Morgan fingerprint density at radius 1 is 1.33 bits per heavy atom. The van der Waals surface area contributed by atoms with Crippen LogP contribution in [0.15, 0.2) is 18.2 Å². The van der Waals surface area contributed by atoms with E-state index in [-0.39, 0.29) is 17.4 Å². The second-order valence-corrected chi connectivity index (χ2v) is 6.61. The Balaban J connectivity index is 2.41. The van der Waals surface area contributed by atoms with E-state index in [9.17, 15) is 4.79 Å². The van der Waals surface area contributed by atoms with Gasteiger partial charge in [0.1, 0.15) is 0 Å². The lowest BCUT2D eigenvalue weighted by Gasteiger charge is -2.35. The first kappa shape index (κ1) is 16.0. The van der Waals surface area contributed by atoms with Crippen LogP contribution in [-0.2, 0) is 6.42 Å². The van der Waals surface area contributed by atoms with Gasteiger partial charge in [-0.15, -0.1) is 0 Å². The molecular formula is C18H28N2O. The molecule has 0 bridgehead atoms. The van der Waals surface area contributed by atoms with Crippen LogP contribution in [0.2, 0.25) is 0 Å². The van der Waals surface area contributed by atoms with E-state index in [1.54, 1.807) is 0 Å².